The third-order valence-electron chi connectivity index (χ3n) is 4.07. The summed E-state index contributed by atoms with van der Waals surface area (Å²) in [5.74, 6) is 1.48. The van der Waals surface area contributed by atoms with Gasteiger partial charge in [0.25, 0.3) is 5.69 Å². The minimum absolute atomic E-state index is 0.0991. The van der Waals surface area contributed by atoms with Crippen LogP contribution in [0.4, 0.5) is 5.69 Å². The quantitative estimate of drug-likeness (QED) is 0.655. The molecule has 2 rings (SSSR count). The molecule has 2 unspecified atom stereocenters. The molecular weight excluding hydrogens is 276 g/mol. The molecule has 1 fully saturated rings. The van der Waals surface area contributed by atoms with Crippen LogP contribution in [0, 0.1) is 22.0 Å². The molecule has 0 heterocycles. The molecule has 2 atom stereocenters. The molecule has 1 aliphatic carbocycles. The van der Waals surface area contributed by atoms with Crippen molar-refractivity contribution in [2.75, 3.05) is 6.54 Å². The van der Waals surface area contributed by atoms with E-state index in [-0.39, 0.29) is 10.6 Å². The van der Waals surface area contributed by atoms with Crippen molar-refractivity contribution >= 4 is 17.3 Å². The Kier molecular flexibility index (Phi) is 5.38. The maximum absolute atomic E-state index is 11.0. The summed E-state index contributed by atoms with van der Waals surface area (Å²) in [6.45, 7) is 3.67. The normalized spacial score (nSPS) is 22.7. The molecule has 0 radical (unpaired) electrons. The summed E-state index contributed by atoms with van der Waals surface area (Å²) in [6, 6.07) is 4.83. The van der Waals surface area contributed by atoms with Gasteiger partial charge < -0.3 is 5.32 Å². The number of rotatable bonds is 5. The molecule has 0 aliphatic heterocycles. The predicted octanol–water partition coefficient (Wildman–Crippen LogP) is 4.16. The molecule has 0 spiro atoms. The molecule has 0 saturated heterocycles. The lowest BCUT2D eigenvalue weighted by Gasteiger charge is -2.26. The molecule has 1 aliphatic rings. The molecule has 1 aromatic rings. The third-order valence-corrected chi connectivity index (χ3v) is 4.42. The van der Waals surface area contributed by atoms with Gasteiger partial charge in [0.1, 0.15) is 0 Å². The zero-order valence-corrected chi connectivity index (χ0v) is 12.5. The predicted molar refractivity (Wildman–Crippen MR) is 80.9 cm³/mol. The Balaban J connectivity index is 1.92. The Morgan fingerprint density at radius 2 is 2.25 bits per heavy atom. The van der Waals surface area contributed by atoms with Gasteiger partial charge in [0.05, 0.1) is 15.5 Å². The smallest absolute Gasteiger partial charge is 0.275 e. The Bertz CT molecular complexity index is 479. The van der Waals surface area contributed by atoms with Gasteiger partial charge in [0, 0.05) is 12.6 Å². The van der Waals surface area contributed by atoms with Crippen molar-refractivity contribution in [1.29, 1.82) is 0 Å². The minimum atomic E-state index is -0.369. The molecular formula is C15H21ClN2O2. The first-order chi connectivity index (χ1) is 9.58. The number of nitrogens with one attached hydrogen (secondary N) is 1. The second-order valence-electron chi connectivity index (χ2n) is 5.76. The van der Waals surface area contributed by atoms with Gasteiger partial charge in [-0.15, -0.1) is 0 Å². The van der Waals surface area contributed by atoms with Gasteiger partial charge in [-0.3, -0.25) is 10.1 Å². The average molecular weight is 297 g/mol. The first-order valence-electron chi connectivity index (χ1n) is 7.20. The van der Waals surface area contributed by atoms with Crippen LogP contribution in [0.2, 0.25) is 5.02 Å². The number of hydrogen-bond acceptors (Lipinski definition) is 3. The van der Waals surface area contributed by atoms with Gasteiger partial charge >= 0.3 is 0 Å². The van der Waals surface area contributed by atoms with Gasteiger partial charge in [-0.2, -0.15) is 0 Å². The lowest BCUT2D eigenvalue weighted by Crippen LogP contribution is -2.26. The van der Waals surface area contributed by atoms with Crippen LogP contribution in [0.15, 0.2) is 18.2 Å². The fourth-order valence-electron chi connectivity index (χ4n) is 3.04. The highest BCUT2D eigenvalue weighted by molar-refractivity contribution is 6.31. The van der Waals surface area contributed by atoms with Crippen molar-refractivity contribution in [3.63, 3.8) is 0 Å². The molecule has 0 bridgehead atoms. The number of hydrogen-bond donors (Lipinski definition) is 1. The largest absolute Gasteiger partial charge is 0.312 e. The summed E-state index contributed by atoms with van der Waals surface area (Å²) in [5, 5.41) is 14.8. The molecule has 4 nitrogen and oxygen atoms in total. The van der Waals surface area contributed by atoms with E-state index in [1.165, 1.54) is 31.7 Å². The molecule has 0 aromatic heterocycles. The summed E-state index contributed by atoms with van der Waals surface area (Å²) in [4.78, 5) is 10.6. The van der Waals surface area contributed by atoms with E-state index in [1.807, 2.05) is 0 Å². The standard InChI is InChI=1S/C15H21ClN2O2/c1-11-4-2-5-12(8-11)9-17-10-13-14(16)6-3-7-15(13)18(19)20/h3,6-7,11-12,17H,2,4-5,8-10H2,1H3. The van der Waals surface area contributed by atoms with Crippen LogP contribution < -0.4 is 5.32 Å². The van der Waals surface area contributed by atoms with Crippen molar-refractivity contribution in [2.24, 2.45) is 11.8 Å². The number of nitro groups is 1. The van der Waals surface area contributed by atoms with Crippen molar-refractivity contribution < 1.29 is 4.92 Å². The SMILES string of the molecule is CC1CCCC(CNCc2c(Cl)cccc2[N+](=O)[O-])C1. The van der Waals surface area contributed by atoms with Crippen LogP contribution in [0.25, 0.3) is 0 Å². The molecule has 110 valence electrons. The van der Waals surface area contributed by atoms with E-state index >= 15 is 0 Å². The lowest BCUT2D eigenvalue weighted by molar-refractivity contribution is -0.385. The molecule has 1 saturated carbocycles. The van der Waals surface area contributed by atoms with Gasteiger partial charge in [0.2, 0.25) is 0 Å². The second kappa shape index (κ2) is 7.04. The van der Waals surface area contributed by atoms with E-state index in [2.05, 4.69) is 12.2 Å². The number of nitro benzene ring substituents is 1. The lowest BCUT2D eigenvalue weighted by atomic mass is 9.82. The van der Waals surface area contributed by atoms with Crippen molar-refractivity contribution in [2.45, 2.75) is 39.2 Å². The Morgan fingerprint density at radius 3 is 2.95 bits per heavy atom. The van der Waals surface area contributed by atoms with E-state index in [0.29, 0.717) is 23.0 Å². The molecule has 5 heteroatoms. The summed E-state index contributed by atoms with van der Waals surface area (Å²) < 4.78 is 0. The molecule has 1 aromatic carbocycles. The van der Waals surface area contributed by atoms with E-state index in [4.69, 9.17) is 11.6 Å². The highest BCUT2D eigenvalue weighted by atomic mass is 35.5. The number of benzene rings is 1. The van der Waals surface area contributed by atoms with E-state index in [1.54, 1.807) is 12.1 Å². The molecule has 20 heavy (non-hydrogen) atoms. The van der Waals surface area contributed by atoms with Crippen LogP contribution in [0.1, 0.15) is 38.2 Å². The van der Waals surface area contributed by atoms with Crippen molar-refractivity contribution in [3.05, 3.63) is 38.9 Å². The Labute approximate surface area is 124 Å². The van der Waals surface area contributed by atoms with E-state index in [9.17, 15) is 10.1 Å². The van der Waals surface area contributed by atoms with Crippen LogP contribution in [-0.2, 0) is 6.54 Å². The molecule has 0 amide bonds. The first kappa shape index (κ1) is 15.3. The zero-order valence-electron chi connectivity index (χ0n) is 11.8. The zero-order chi connectivity index (χ0) is 14.5. The summed E-state index contributed by atoms with van der Waals surface area (Å²) >= 11 is 6.07. The van der Waals surface area contributed by atoms with E-state index < -0.39 is 0 Å². The molecule has 1 N–H and O–H groups in total. The average Bonchev–Trinajstić information content (AvgIpc) is 2.40. The maximum Gasteiger partial charge on any atom is 0.275 e. The Hall–Kier alpha value is -1.13. The highest BCUT2D eigenvalue weighted by Gasteiger charge is 2.20. The second-order valence-corrected chi connectivity index (χ2v) is 6.17. The number of halogens is 1. The first-order valence-corrected chi connectivity index (χ1v) is 7.58. The summed E-state index contributed by atoms with van der Waals surface area (Å²) in [6.07, 6.45) is 5.12. The maximum atomic E-state index is 11.0. The van der Waals surface area contributed by atoms with Gasteiger partial charge in [0.15, 0.2) is 0 Å². The summed E-state index contributed by atoms with van der Waals surface area (Å²) in [7, 11) is 0. The topological polar surface area (TPSA) is 55.2 Å². The van der Waals surface area contributed by atoms with Gasteiger partial charge in [-0.05, 0) is 37.3 Å². The van der Waals surface area contributed by atoms with Gasteiger partial charge in [-0.1, -0.05) is 37.4 Å². The highest BCUT2D eigenvalue weighted by Crippen LogP contribution is 2.29. The Morgan fingerprint density at radius 1 is 1.45 bits per heavy atom. The fourth-order valence-corrected chi connectivity index (χ4v) is 3.28. The fraction of sp³-hybridized carbons (Fsp3) is 0.600. The van der Waals surface area contributed by atoms with E-state index in [0.717, 1.165) is 12.5 Å². The van der Waals surface area contributed by atoms with Crippen LogP contribution >= 0.6 is 11.6 Å². The summed E-state index contributed by atoms with van der Waals surface area (Å²) in [5.41, 5.74) is 0.685. The van der Waals surface area contributed by atoms with Crippen LogP contribution in [0.3, 0.4) is 0 Å². The van der Waals surface area contributed by atoms with Crippen LogP contribution in [-0.4, -0.2) is 11.5 Å². The monoisotopic (exact) mass is 296 g/mol. The number of nitrogens with zero attached hydrogens (tertiary/aromatic N) is 1. The van der Waals surface area contributed by atoms with Gasteiger partial charge in [-0.25, -0.2) is 0 Å². The van der Waals surface area contributed by atoms with Crippen LogP contribution in [0.5, 0.6) is 0 Å². The third kappa shape index (κ3) is 3.93. The minimum Gasteiger partial charge on any atom is -0.312 e. The van der Waals surface area contributed by atoms with Crippen molar-refractivity contribution in [1.82, 2.24) is 5.32 Å². The van der Waals surface area contributed by atoms with Crippen molar-refractivity contribution in [3.8, 4) is 0 Å².